The summed E-state index contributed by atoms with van der Waals surface area (Å²) in [4.78, 5) is 33.4. The molecule has 1 aromatic rings. The molecule has 0 unspecified atom stereocenters. The van der Waals surface area contributed by atoms with Crippen LogP contribution in [0.5, 0.6) is 0 Å². The van der Waals surface area contributed by atoms with E-state index in [4.69, 9.17) is 0 Å². The second-order valence-electron chi connectivity index (χ2n) is 2.82. The Morgan fingerprint density at radius 2 is 1.77 bits per heavy atom. The van der Waals surface area contributed by atoms with Crippen molar-refractivity contribution < 1.29 is 4.79 Å². The Balaban J connectivity index is 3.70. The average molecular weight is 182 g/mol. The number of hydrogen-bond donors (Lipinski definition) is 0. The Bertz CT molecular complexity index is 467. The maximum absolute atomic E-state index is 11.3. The SMILES string of the molecule is CC(=O)c1cc(=O)n(C)c(=O)n1C. The van der Waals surface area contributed by atoms with E-state index in [9.17, 15) is 14.4 Å². The molecular weight excluding hydrogens is 172 g/mol. The average Bonchev–Trinajstić information content (AvgIpc) is 2.07. The van der Waals surface area contributed by atoms with Gasteiger partial charge in [0.1, 0.15) is 0 Å². The molecule has 13 heavy (non-hydrogen) atoms. The summed E-state index contributed by atoms with van der Waals surface area (Å²) < 4.78 is 2.11. The first-order chi connectivity index (χ1) is 5.95. The second-order valence-corrected chi connectivity index (χ2v) is 2.82. The minimum atomic E-state index is -0.488. The summed E-state index contributed by atoms with van der Waals surface area (Å²) in [6.45, 7) is 1.31. The Morgan fingerprint density at radius 3 is 2.23 bits per heavy atom. The Morgan fingerprint density at radius 1 is 1.23 bits per heavy atom. The van der Waals surface area contributed by atoms with Crippen LogP contribution in [0.3, 0.4) is 0 Å². The molecule has 5 nitrogen and oxygen atoms in total. The molecule has 0 aliphatic carbocycles. The topological polar surface area (TPSA) is 61.1 Å². The van der Waals surface area contributed by atoms with Crippen LogP contribution in [0.4, 0.5) is 0 Å². The highest BCUT2D eigenvalue weighted by Crippen LogP contribution is 1.90. The molecule has 5 heteroatoms. The molecule has 0 spiro atoms. The highest BCUT2D eigenvalue weighted by molar-refractivity contribution is 5.92. The van der Waals surface area contributed by atoms with E-state index in [0.29, 0.717) is 0 Å². The second kappa shape index (κ2) is 3.01. The quantitative estimate of drug-likeness (QED) is 0.539. The highest BCUT2D eigenvalue weighted by atomic mass is 16.2. The zero-order valence-corrected chi connectivity index (χ0v) is 7.70. The van der Waals surface area contributed by atoms with E-state index in [2.05, 4.69) is 0 Å². The Kier molecular flexibility index (Phi) is 2.18. The minimum Gasteiger partial charge on any atom is -0.293 e. The molecule has 0 saturated carbocycles. The number of carbonyl (C=O) groups is 1. The van der Waals surface area contributed by atoms with Gasteiger partial charge in [-0.1, -0.05) is 0 Å². The van der Waals surface area contributed by atoms with E-state index in [1.807, 2.05) is 0 Å². The molecule has 0 aliphatic rings. The van der Waals surface area contributed by atoms with Crippen molar-refractivity contribution in [3.8, 4) is 0 Å². The molecule has 70 valence electrons. The van der Waals surface area contributed by atoms with E-state index < -0.39 is 11.2 Å². The van der Waals surface area contributed by atoms with Crippen LogP contribution in [0.2, 0.25) is 0 Å². The van der Waals surface area contributed by atoms with Crippen molar-refractivity contribution in [1.82, 2.24) is 9.13 Å². The van der Waals surface area contributed by atoms with Crippen LogP contribution in [0.15, 0.2) is 15.7 Å². The third-order valence-electron chi connectivity index (χ3n) is 1.89. The fraction of sp³-hybridized carbons (Fsp3) is 0.375. The van der Waals surface area contributed by atoms with Crippen LogP contribution in [0.1, 0.15) is 17.4 Å². The van der Waals surface area contributed by atoms with Crippen LogP contribution < -0.4 is 11.2 Å². The molecular formula is C8H10N2O3. The molecule has 0 atom stereocenters. The van der Waals surface area contributed by atoms with Crippen LogP contribution >= 0.6 is 0 Å². The molecule has 0 amide bonds. The van der Waals surface area contributed by atoms with Crippen molar-refractivity contribution in [2.75, 3.05) is 0 Å². The van der Waals surface area contributed by atoms with Gasteiger partial charge in [0.25, 0.3) is 5.56 Å². The van der Waals surface area contributed by atoms with Gasteiger partial charge in [-0.3, -0.25) is 18.7 Å². The molecule has 0 aromatic carbocycles. The first-order valence-corrected chi connectivity index (χ1v) is 3.73. The fourth-order valence-corrected chi connectivity index (χ4v) is 1.07. The first-order valence-electron chi connectivity index (χ1n) is 3.73. The van der Waals surface area contributed by atoms with Gasteiger partial charge in [-0.05, 0) is 0 Å². The molecule has 0 bridgehead atoms. The third-order valence-corrected chi connectivity index (χ3v) is 1.89. The van der Waals surface area contributed by atoms with Gasteiger partial charge in [0.2, 0.25) is 0 Å². The van der Waals surface area contributed by atoms with Crippen LogP contribution in [-0.2, 0) is 14.1 Å². The van der Waals surface area contributed by atoms with Gasteiger partial charge in [0, 0.05) is 27.1 Å². The van der Waals surface area contributed by atoms with Gasteiger partial charge in [-0.25, -0.2) is 4.79 Å². The molecule has 0 N–H and O–H groups in total. The summed E-state index contributed by atoms with van der Waals surface area (Å²) in [5, 5.41) is 0. The zero-order chi connectivity index (χ0) is 10.2. The number of rotatable bonds is 1. The van der Waals surface area contributed by atoms with Crippen molar-refractivity contribution in [3.63, 3.8) is 0 Å². The van der Waals surface area contributed by atoms with Crippen LogP contribution in [0.25, 0.3) is 0 Å². The van der Waals surface area contributed by atoms with Crippen molar-refractivity contribution in [2.45, 2.75) is 6.92 Å². The number of aromatic nitrogens is 2. The van der Waals surface area contributed by atoms with Gasteiger partial charge in [-0.2, -0.15) is 0 Å². The van der Waals surface area contributed by atoms with E-state index in [0.717, 1.165) is 15.2 Å². The summed E-state index contributed by atoms with van der Waals surface area (Å²) in [7, 11) is 2.83. The third kappa shape index (κ3) is 1.44. The monoisotopic (exact) mass is 182 g/mol. The number of Topliss-reactive ketones (excluding diaryl/α,β-unsaturated/α-hetero) is 1. The van der Waals surface area contributed by atoms with Gasteiger partial charge < -0.3 is 0 Å². The van der Waals surface area contributed by atoms with E-state index in [1.165, 1.54) is 21.0 Å². The van der Waals surface area contributed by atoms with Gasteiger partial charge >= 0.3 is 5.69 Å². The zero-order valence-electron chi connectivity index (χ0n) is 7.70. The molecule has 0 radical (unpaired) electrons. The maximum atomic E-state index is 11.3. The molecule has 1 rings (SSSR count). The summed E-state index contributed by atoms with van der Waals surface area (Å²) in [6.07, 6.45) is 0. The Hall–Kier alpha value is -1.65. The number of ketones is 1. The number of carbonyl (C=O) groups excluding carboxylic acids is 1. The lowest BCUT2D eigenvalue weighted by molar-refractivity contribution is 0.100. The normalized spacial score (nSPS) is 10.1. The summed E-state index contributed by atoms with van der Waals surface area (Å²) >= 11 is 0. The summed E-state index contributed by atoms with van der Waals surface area (Å²) in [5.41, 5.74) is -0.820. The molecule has 0 aliphatic heterocycles. The lowest BCUT2D eigenvalue weighted by Crippen LogP contribution is -2.38. The van der Waals surface area contributed by atoms with Crippen molar-refractivity contribution in [3.05, 3.63) is 32.6 Å². The van der Waals surface area contributed by atoms with E-state index in [1.54, 1.807) is 0 Å². The largest absolute Gasteiger partial charge is 0.331 e. The van der Waals surface area contributed by atoms with Crippen molar-refractivity contribution in [2.24, 2.45) is 14.1 Å². The lowest BCUT2D eigenvalue weighted by Gasteiger charge is -2.05. The van der Waals surface area contributed by atoms with Gasteiger partial charge in [0.05, 0.1) is 5.69 Å². The summed E-state index contributed by atoms with van der Waals surface area (Å²) in [5.74, 6) is -0.294. The first kappa shape index (κ1) is 9.44. The maximum Gasteiger partial charge on any atom is 0.331 e. The van der Waals surface area contributed by atoms with Crippen molar-refractivity contribution >= 4 is 5.78 Å². The van der Waals surface area contributed by atoms with E-state index in [-0.39, 0.29) is 11.5 Å². The number of hydrogen-bond acceptors (Lipinski definition) is 3. The van der Waals surface area contributed by atoms with Gasteiger partial charge in [0.15, 0.2) is 5.78 Å². The smallest absolute Gasteiger partial charge is 0.293 e. The number of nitrogens with zero attached hydrogens (tertiary/aromatic N) is 2. The lowest BCUT2D eigenvalue weighted by atomic mass is 10.3. The highest BCUT2D eigenvalue weighted by Gasteiger charge is 2.08. The van der Waals surface area contributed by atoms with Crippen LogP contribution in [0, 0.1) is 0 Å². The summed E-state index contributed by atoms with van der Waals surface area (Å²) in [6, 6.07) is 1.16. The van der Waals surface area contributed by atoms with Gasteiger partial charge in [-0.15, -0.1) is 0 Å². The minimum absolute atomic E-state index is 0.133. The fourth-order valence-electron chi connectivity index (χ4n) is 1.07. The molecule has 0 fully saturated rings. The molecule has 0 saturated heterocycles. The van der Waals surface area contributed by atoms with E-state index >= 15 is 0 Å². The van der Waals surface area contributed by atoms with Crippen LogP contribution in [-0.4, -0.2) is 14.9 Å². The molecule has 1 aromatic heterocycles. The Labute approximate surface area is 74.2 Å². The standard InChI is InChI=1S/C8H10N2O3/c1-5(11)6-4-7(12)10(3)8(13)9(6)2/h4H,1-3H3. The molecule has 1 heterocycles. The predicted molar refractivity (Wildman–Crippen MR) is 46.9 cm³/mol. The predicted octanol–water partition coefficient (Wildman–Crippen LogP) is -0.713. The van der Waals surface area contributed by atoms with Crippen molar-refractivity contribution in [1.29, 1.82) is 0 Å².